The third-order valence-corrected chi connectivity index (χ3v) is 16.8. The summed E-state index contributed by atoms with van der Waals surface area (Å²) in [7, 11) is 5.32. The third-order valence-electron chi connectivity index (χ3n) is 16.8. The number of aliphatic hydroxyl groups is 5. The molecule has 0 spiro atoms. The van der Waals surface area contributed by atoms with E-state index in [1.807, 2.05) is 96.2 Å². The van der Waals surface area contributed by atoms with Crippen LogP contribution in [0.1, 0.15) is 124 Å². The molecule has 3 saturated heterocycles. The minimum absolute atomic E-state index is 0.0591. The lowest BCUT2D eigenvalue weighted by molar-refractivity contribution is -0.302. The Kier molecular flexibility index (Phi) is 20.2. The lowest BCUT2D eigenvalue weighted by atomic mass is 9.68. The summed E-state index contributed by atoms with van der Waals surface area (Å²) >= 11 is 0. The Morgan fingerprint density at radius 2 is 1.66 bits per heavy atom. The smallest absolute Gasteiger partial charge is 0.309 e. The van der Waals surface area contributed by atoms with Crippen LogP contribution in [0.2, 0.25) is 0 Å². The summed E-state index contributed by atoms with van der Waals surface area (Å²) < 4.78 is 34.0. The zero-order valence-electron chi connectivity index (χ0n) is 46.2. The number of esters is 1. The number of cyclic esters (lactones) is 1. The number of hydrogen-bond donors (Lipinski definition) is 5. The van der Waals surface area contributed by atoms with Crippen LogP contribution in [0.3, 0.4) is 0 Å². The minimum atomic E-state index is -1.82. The molecule has 3 aliphatic rings. The molecule has 18 heteroatoms. The topological polar surface area (TPSA) is 232 Å². The highest BCUT2D eigenvalue weighted by molar-refractivity contribution is 5.96. The second-order valence-corrected chi connectivity index (χ2v) is 22.8. The molecule has 1 aromatic carbocycles. The van der Waals surface area contributed by atoms with Crippen molar-refractivity contribution in [3.63, 3.8) is 0 Å². The number of hydrogen-bond acceptors (Lipinski definition) is 17. The van der Waals surface area contributed by atoms with Crippen LogP contribution in [-0.2, 0) is 41.4 Å². The highest BCUT2D eigenvalue weighted by atomic mass is 16.7. The average Bonchev–Trinajstić information content (AvgIpc) is 3.82. The van der Waals surface area contributed by atoms with Crippen molar-refractivity contribution in [3.8, 4) is 11.1 Å². The predicted octanol–water partition coefficient (Wildman–Crippen LogP) is 5.10. The van der Waals surface area contributed by atoms with Crippen molar-refractivity contribution in [3.05, 3.63) is 66.2 Å². The SMILES string of the molecule is CC[C@H]1OC(=O)[C@H](C)C([C@H]2C[C@@](C)(OC)[C@@H](O)[C@H](C)O2)[C@H](C)[C@@H](O[C@@H]2O[C@H](C)C[C@H](N(C)CCc3cn(CCCC(=O)c4ccc(-c5cccnc5)cc4)nn3)[C@H]2O)[C@](C)(O)C[C@@H](C)CN(C)[C@H](C)[C@@H](O)[C@]1(C)O. The maximum atomic E-state index is 14.6. The van der Waals surface area contributed by atoms with Crippen molar-refractivity contribution in [1.82, 2.24) is 29.8 Å². The minimum Gasteiger partial charge on any atom is -0.459 e. The van der Waals surface area contributed by atoms with Gasteiger partial charge in [-0.2, -0.15) is 0 Å². The molecule has 0 bridgehead atoms. The summed E-state index contributed by atoms with van der Waals surface area (Å²) in [6, 6.07) is 10.5. The number of Topliss-reactive ketones (excluding diaryl/α,β-unsaturated/α-hetero) is 1. The van der Waals surface area contributed by atoms with Gasteiger partial charge in [-0.15, -0.1) is 5.10 Å². The Hall–Kier alpha value is -3.79. The van der Waals surface area contributed by atoms with E-state index in [0.717, 1.165) is 16.8 Å². The number of aliphatic hydroxyl groups excluding tert-OH is 3. The molecule has 5 N–H and O–H groups in total. The maximum Gasteiger partial charge on any atom is 0.309 e. The molecule has 0 amide bonds. The van der Waals surface area contributed by atoms with Gasteiger partial charge >= 0.3 is 5.97 Å². The molecule has 6 rings (SSSR count). The monoisotopic (exact) mass is 1040 g/mol. The maximum absolute atomic E-state index is 14.6. The van der Waals surface area contributed by atoms with E-state index in [-0.39, 0.29) is 37.1 Å². The van der Waals surface area contributed by atoms with E-state index in [4.69, 9.17) is 23.7 Å². The zero-order valence-corrected chi connectivity index (χ0v) is 46.2. The number of carbonyl (C=O) groups is 2. The quantitative estimate of drug-likeness (QED) is 0.0984. The van der Waals surface area contributed by atoms with Crippen LogP contribution in [0.4, 0.5) is 0 Å². The van der Waals surface area contributed by atoms with Gasteiger partial charge in [0, 0.05) is 88.2 Å². The summed E-state index contributed by atoms with van der Waals surface area (Å²) in [5.41, 5.74) is -1.06. The Labute approximate surface area is 439 Å². The van der Waals surface area contributed by atoms with E-state index < -0.39 is 102 Å². The first-order chi connectivity index (χ1) is 34.8. The molecular formula is C56H88N6O12. The summed E-state index contributed by atoms with van der Waals surface area (Å²) in [6.45, 7) is 19.4. The van der Waals surface area contributed by atoms with Crippen molar-refractivity contribution >= 4 is 11.8 Å². The standard InChI is InChI=1S/C56H88N6O12/c1-14-46-56(10,69)49(65)37(6)61(12)31-33(2)28-54(8,68)51(35(4)47(36(5)52(67)73-46)45-29-55(9,70-13)50(66)38(7)72-45)74-53-48(64)43(27-34(3)71-53)60(11)26-23-42-32-62(59-58-42)25-16-18-44(63)40-21-19-39(20-22-40)41-17-15-24-57-30-41/h15,17,19-22,24,30,32-38,43,45-51,53,64-66,68-69H,14,16,18,23,25-29,31H2,1-13H3/t33-,34-,35+,36-,37-,38+,43+,45-,46-,47?,48-,49-,50+,51-,53+,54-,55-,56-/m1/s1. The fourth-order valence-electron chi connectivity index (χ4n) is 12.2. The molecule has 0 saturated carbocycles. The summed E-state index contributed by atoms with van der Waals surface area (Å²) in [4.78, 5) is 35.8. The molecule has 5 heterocycles. The summed E-state index contributed by atoms with van der Waals surface area (Å²) in [6.07, 6.45) is -0.505. The number of nitrogens with zero attached hydrogens (tertiary/aromatic N) is 6. The fourth-order valence-corrected chi connectivity index (χ4v) is 12.2. The number of aryl methyl sites for hydroxylation is 1. The number of aromatic nitrogens is 4. The van der Waals surface area contributed by atoms with Gasteiger partial charge in [-0.1, -0.05) is 63.2 Å². The number of pyridine rings is 1. The molecule has 18 atom stereocenters. The van der Waals surface area contributed by atoms with Crippen molar-refractivity contribution in [2.24, 2.45) is 23.7 Å². The van der Waals surface area contributed by atoms with Crippen molar-refractivity contribution in [2.45, 2.75) is 205 Å². The van der Waals surface area contributed by atoms with E-state index in [2.05, 4.69) is 20.2 Å². The lowest BCUT2D eigenvalue weighted by Crippen LogP contribution is -2.62. The number of methoxy groups -OCH3 is 1. The highest BCUT2D eigenvalue weighted by Crippen LogP contribution is 2.45. The van der Waals surface area contributed by atoms with Gasteiger partial charge in [0.2, 0.25) is 0 Å². The first kappa shape index (κ1) is 59.5. The second kappa shape index (κ2) is 25.1. The van der Waals surface area contributed by atoms with Crippen LogP contribution in [0, 0.1) is 23.7 Å². The Balaban J connectivity index is 1.20. The van der Waals surface area contributed by atoms with Gasteiger partial charge < -0.3 is 59.0 Å². The van der Waals surface area contributed by atoms with E-state index in [9.17, 15) is 35.1 Å². The normalized spacial score (nSPS) is 38.3. The molecule has 74 heavy (non-hydrogen) atoms. The predicted molar refractivity (Wildman–Crippen MR) is 279 cm³/mol. The first-order valence-electron chi connectivity index (χ1n) is 26.9. The van der Waals surface area contributed by atoms with Gasteiger partial charge in [-0.25, -0.2) is 0 Å². The lowest BCUT2D eigenvalue weighted by Gasteiger charge is -2.51. The summed E-state index contributed by atoms with van der Waals surface area (Å²) in [5, 5.41) is 68.9. The average molecular weight is 1040 g/mol. The second-order valence-electron chi connectivity index (χ2n) is 22.8. The molecule has 414 valence electrons. The number of carbonyl (C=O) groups excluding carboxylic acids is 2. The molecule has 3 aliphatic heterocycles. The molecule has 0 aliphatic carbocycles. The number of ether oxygens (including phenoxy) is 5. The van der Waals surface area contributed by atoms with Gasteiger partial charge in [-0.3, -0.25) is 19.3 Å². The number of likely N-dealkylation sites (N-methyl/N-ethyl adjacent to an activating group) is 2. The molecule has 18 nitrogen and oxygen atoms in total. The molecule has 1 unspecified atom stereocenters. The number of benzene rings is 1. The molecule has 2 aromatic heterocycles. The number of ketones is 1. The van der Waals surface area contributed by atoms with Crippen LogP contribution in [-0.4, -0.2) is 185 Å². The first-order valence-corrected chi connectivity index (χ1v) is 26.9. The van der Waals surface area contributed by atoms with E-state index in [1.54, 1.807) is 44.8 Å². The van der Waals surface area contributed by atoms with E-state index in [1.165, 1.54) is 14.0 Å². The Morgan fingerprint density at radius 1 is 0.959 bits per heavy atom. The largest absolute Gasteiger partial charge is 0.459 e. The van der Waals surface area contributed by atoms with Crippen LogP contribution < -0.4 is 0 Å². The van der Waals surface area contributed by atoms with Crippen LogP contribution in [0.5, 0.6) is 0 Å². The molecule has 3 fully saturated rings. The van der Waals surface area contributed by atoms with Gasteiger partial charge in [0.25, 0.3) is 0 Å². The van der Waals surface area contributed by atoms with Crippen LogP contribution >= 0.6 is 0 Å². The fraction of sp³-hybridized carbons (Fsp3) is 0.732. The van der Waals surface area contributed by atoms with E-state index >= 15 is 0 Å². The Morgan fingerprint density at radius 3 is 2.31 bits per heavy atom. The third kappa shape index (κ3) is 13.8. The van der Waals surface area contributed by atoms with Crippen molar-refractivity contribution in [2.75, 3.05) is 34.3 Å². The zero-order chi connectivity index (χ0) is 54.4. The number of rotatable bonds is 15. The highest BCUT2D eigenvalue weighted by Gasteiger charge is 2.55. The van der Waals surface area contributed by atoms with Crippen LogP contribution in [0.15, 0.2) is 55.0 Å². The van der Waals surface area contributed by atoms with Gasteiger partial charge in [0.05, 0.1) is 47.2 Å². The molecular weight excluding hydrogens is 949 g/mol. The summed E-state index contributed by atoms with van der Waals surface area (Å²) in [5.74, 6) is -3.10. The van der Waals surface area contributed by atoms with E-state index in [0.29, 0.717) is 50.9 Å². The van der Waals surface area contributed by atoms with Gasteiger partial charge in [0.15, 0.2) is 12.1 Å². The van der Waals surface area contributed by atoms with Crippen molar-refractivity contribution < 1.29 is 58.8 Å². The van der Waals surface area contributed by atoms with Crippen LogP contribution in [0.25, 0.3) is 11.1 Å². The molecule has 0 radical (unpaired) electrons. The van der Waals surface area contributed by atoms with Gasteiger partial charge in [0.1, 0.15) is 30.0 Å². The Bertz CT molecular complexity index is 2250. The van der Waals surface area contributed by atoms with Crippen molar-refractivity contribution in [1.29, 1.82) is 0 Å². The van der Waals surface area contributed by atoms with Gasteiger partial charge in [-0.05, 0) is 110 Å². The molecule has 3 aromatic rings.